The molecule has 2 atom stereocenters. The fraction of sp³-hybridized carbons (Fsp3) is 0.529. The Kier molecular flexibility index (Phi) is 7.11. The molecule has 1 aromatic heterocycles. The number of fused-ring (bicyclic) bond motifs is 1. The van der Waals surface area contributed by atoms with Gasteiger partial charge >= 0.3 is 0 Å². The molecule has 2 unspecified atom stereocenters. The average Bonchev–Trinajstić information content (AvgIpc) is 2.95. The molecule has 4 aliphatic carbocycles. The summed E-state index contributed by atoms with van der Waals surface area (Å²) in [6.45, 7) is 1.01. The molecule has 5 fully saturated rings. The lowest BCUT2D eigenvalue weighted by Gasteiger charge is -2.62. The van der Waals surface area contributed by atoms with Gasteiger partial charge in [0.05, 0.1) is 18.7 Å². The number of halogens is 1. The summed E-state index contributed by atoms with van der Waals surface area (Å²) < 4.78 is 7.03. The topological polar surface area (TPSA) is 54.5 Å². The van der Waals surface area contributed by atoms with Crippen LogP contribution in [0.1, 0.15) is 81.4 Å². The van der Waals surface area contributed by atoms with Gasteiger partial charge in [-0.15, -0.1) is 0 Å². The molecule has 2 aromatic carbocycles. The Bertz CT molecular complexity index is 1350. The summed E-state index contributed by atoms with van der Waals surface area (Å²) in [6, 6.07) is 19.0. The van der Waals surface area contributed by atoms with E-state index in [1.165, 1.54) is 32.1 Å². The lowest BCUT2D eigenvalue weighted by molar-refractivity contribution is -0.156. The quantitative estimate of drug-likeness (QED) is 0.306. The van der Waals surface area contributed by atoms with Gasteiger partial charge in [0.15, 0.2) is 0 Å². The Hall–Kier alpha value is -2.44. The van der Waals surface area contributed by atoms with E-state index in [0.29, 0.717) is 12.3 Å². The summed E-state index contributed by atoms with van der Waals surface area (Å²) in [5.74, 6) is 3.10. The fourth-order valence-electron chi connectivity index (χ4n) is 9.06. The number of nitrogens with zero attached hydrogens (tertiary/aromatic N) is 2. The van der Waals surface area contributed by atoms with Crippen LogP contribution in [0.5, 0.6) is 5.88 Å². The minimum Gasteiger partial charge on any atom is -0.481 e. The van der Waals surface area contributed by atoms with Gasteiger partial charge in [-0.1, -0.05) is 52.7 Å². The minimum absolute atomic E-state index is 0.113. The van der Waals surface area contributed by atoms with Crippen LogP contribution in [0.3, 0.4) is 0 Å². The molecule has 1 saturated heterocycles. The highest BCUT2D eigenvalue weighted by Crippen LogP contribution is 2.60. The van der Waals surface area contributed by atoms with E-state index in [9.17, 15) is 4.79 Å². The number of rotatable bonds is 7. The van der Waals surface area contributed by atoms with Crippen LogP contribution in [0.25, 0.3) is 10.9 Å². The largest absolute Gasteiger partial charge is 0.481 e. The van der Waals surface area contributed by atoms with E-state index >= 15 is 0 Å². The van der Waals surface area contributed by atoms with Crippen molar-refractivity contribution in [2.75, 3.05) is 13.7 Å². The Labute approximate surface area is 246 Å². The predicted molar refractivity (Wildman–Crippen MR) is 162 cm³/mol. The average molecular weight is 603 g/mol. The van der Waals surface area contributed by atoms with E-state index in [-0.39, 0.29) is 23.5 Å². The second-order valence-electron chi connectivity index (χ2n) is 13.0. The lowest BCUT2D eigenvalue weighted by Crippen LogP contribution is -2.63. The highest BCUT2D eigenvalue weighted by Gasteiger charge is 2.56. The predicted octanol–water partition coefficient (Wildman–Crippen LogP) is 7.42. The first-order valence-corrected chi connectivity index (χ1v) is 16.1. The maximum Gasteiger partial charge on any atom is 0.225 e. The standard InChI is InChI=1S/C34H40BrN3O2/c1-40-33-29(17-26-16-27(35)10-11-30(26)37-33)32(25-7-3-2-4-8-25)38(31(39)18-28-9-5-6-12-36-28)34-19-22-13-23(20-34)15-24(14-22)21-34/h2-4,7-8,10-11,16-17,22-24,28,32,36H,5-6,9,12-15,18-21H2,1H3. The molecule has 0 radical (unpaired) electrons. The highest BCUT2D eigenvalue weighted by molar-refractivity contribution is 9.10. The third-order valence-corrected chi connectivity index (χ3v) is 10.7. The number of methoxy groups -OCH3 is 1. The smallest absolute Gasteiger partial charge is 0.225 e. The molecule has 210 valence electrons. The molecule has 3 aromatic rings. The van der Waals surface area contributed by atoms with Crippen LogP contribution in [0.4, 0.5) is 0 Å². The van der Waals surface area contributed by atoms with E-state index in [4.69, 9.17) is 9.72 Å². The van der Waals surface area contributed by atoms with Crippen molar-refractivity contribution in [2.45, 2.75) is 81.8 Å². The Morgan fingerprint density at radius 3 is 2.42 bits per heavy atom. The molecule has 4 saturated carbocycles. The Morgan fingerprint density at radius 1 is 1.05 bits per heavy atom. The van der Waals surface area contributed by atoms with Gasteiger partial charge in [0, 0.05) is 33.4 Å². The van der Waals surface area contributed by atoms with Gasteiger partial charge in [-0.25, -0.2) is 4.98 Å². The Balaban J connectivity index is 1.41. The van der Waals surface area contributed by atoms with Crippen LogP contribution >= 0.6 is 15.9 Å². The Morgan fingerprint density at radius 2 is 1.77 bits per heavy atom. The summed E-state index contributed by atoms with van der Waals surface area (Å²) in [4.78, 5) is 22.2. The number of amides is 1. The van der Waals surface area contributed by atoms with Crippen LogP contribution in [0, 0.1) is 17.8 Å². The molecule has 0 spiro atoms. The van der Waals surface area contributed by atoms with Gasteiger partial charge in [0.1, 0.15) is 0 Å². The summed E-state index contributed by atoms with van der Waals surface area (Å²) in [5.41, 5.74) is 2.91. The molecule has 1 amide bonds. The molecular formula is C34H40BrN3O2. The van der Waals surface area contributed by atoms with Crippen LogP contribution in [0.2, 0.25) is 0 Å². The zero-order valence-electron chi connectivity index (χ0n) is 23.4. The fourth-order valence-corrected chi connectivity index (χ4v) is 9.44. The molecule has 4 bridgehead atoms. The van der Waals surface area contributed by atoms with Crippen molar-refractivity contribution in [3.8, 4) is 5.88 Å². The number of piperidine rings is 1. The molecular weight excluding hydrogens is 562 g/mol. The molecule has 2 heterocycles. The van der Waals surface area contributed by atoms with Crippen molar-refractivity contribution in [2.24, 2.45) is 17.8 Å². The third kappa shape index (κ3) is 4.85. The molecule has 5 nitrogen and oxygen atoms in total. The van der Waals surface area contributed by atoms with Crippen LogP contribution in [-0.4, -0.2) is 41.0 Å². The summed E-state index contributed by atoms with van der Waals surface area (Å²) in [6.07, 6.45) is 11.4. The molecule has 40 heavy (non-hydrogen) atoms. The first-order chi connectivity index (χ1) is 19.5. The lowest BCUT2D eigenvalue weighted by atomic mass is 9.52. The second-order valence-corrected chi connectivity index (χ2v) is 13.9. The number of hydrogen-bond donors (Lipinski definition) is 1. The SMILES string of the molecule is COc1nc2ccc(Br)cc2cc1C(c1ccccc1)N(C(=O)CC1CCCCN1)C12CC3CC(CC(C3)C1)C2. The highest BCUT2D eigenvalue weighted by atomic mass is 79.9. The number of hydrogen-bond acceptors (Lipinski definition) is 4. The van der Waals surface area contributed by atoms with Crippen molar-refractivity contribution in [1.29, 1.82) is 0 Å². The number of aromatic nitrogens is 1. The molecule has 8 rings (SSSR count). The van der Waals surface area contributed by atoms with Crippen LogP contribution < -0.4 is 10.1 Å². The number of carbonyl (C=O) groups excluding carboxylic acids is 1. The van der Waals surface area contributed by atoms with Crippen molar-refractivity contribution < 1.29 is 9.53 Å². The van der Waals surface area contributed by atoms with E-state index < -0.39 is 0 Å². The number of benzene rings is 2. The molecule has 5 aliphatic rings. The molecule has 1 aliphatic heterocycles. The van der Waals surface area contributed by atoms with Crippen molar-refractivity contribution in [3.05, 3.63) is 70.2 Å². The molecule has 6 heteroatoms. The number of ether oxygens (including phenoxy) is 1. The van der Waals surface area contributed by atoms with Gasteiger partial charge in [-0.05, 0) is 105 Å². The maximum absolute atomic E-state index is 14.8. The first-order valence-electron chi connectivity index (χ1n) is 15.3. The third-order valence-electron chi connectivity index (χ3n) is 10.3. The van der Waals surface area contributed by atoms with Gasteiger partial charge in [-0.2, -0.15) is 0 Å². The van der Waals surface area contributed by atoms with E-state index in [1.807, 2.05) is 12.1 Å². The van der Waals surface area contributed by atoms with Crippen molar-refractivity contribution in [1.82, 2.24) is 15.2 Å². The van der Waals surface area contributed by atoms with E-state index in [0.717, 1.165) is 76.5 Å². The second kappa shape index (κ2) is 10.8. The number of carbonyl (C=O) groups is 1. The number of pyridine rings is 1. The first kappa shape index (κ1) is 26.5. The summed E-state index contributed by atoms with van der Waals surface area (Å²) in [5, 5.41) is 4.71. The van der Waals surface area contributed by atoms with Gasteiger partial charge in [-0.3, -0.25) is 4.79 Å². The van der Waals surface area contributed by atoms with Crippen LogP contribution in [0.15, 0.2) is 59.1 Å². The normalized spacial score (nSPS) is 29.9. The number of nitrogens with one attached hydrogen (secondary N) is 1. The van der Waals surface area contributed by atoms with E-state index in [1.54, 1.807) is 7.11 Å². The summed E-state index contributed by atoms with van der Waals surface area (Å²) in [7, 11) is 1.71. The van der Waals surface area contributed by atoms with Crippen molar-refractivity contribution in [3.63, 3.8) is 0 Å². The van der Waals surface area contributed by atoms with Gasteiger partial charge < -0.3 is 15.0 Å². The van der Waals surface area contributed by atoms with Gasteiger partial charge in [0.25, 0.3) is 0 Å². The molecule has 1 N–H and O–H groups in total. The zero-order chi connectivity index (χ0) is 27.3. The minimum atomic E-state index is -0.251. The van der Waals surface area contributed by atoms with Crippen LogP contribution in [-0.2, 0) is 4.79 Å². The monoisotopic (exact) mass is 601 g/mol. The maximum atomic E-state index is 14.8. The zero-order valence-corrected chi connectivity index (χ0v) is 25.0. The van der Waals surface area contributed by atoms with E-state index in [2.05, 4.69) is 68.6 Å². The van der Waals surface area contributed by atoms with Gasteiger partial charge in [0.2, 0.25) is 11.8 Å². The summed E-state index contributed by atoms with van der Waals surface area (Å²) >= 11 is 3.66. The van der Waals surface area contributed by atoms with Crippen molar-refractivity contribution >= 4 is 32.7 Å².